The number of aliphatic hydroxyl groups is 1. The van der Waals surface area contributed by atoms with Gasteiger partial charge in [0.15, 0.2) is 0 Å². The van der Waals surface area contributed by atoms with Gasteiger partial charge in [-0.3, -0.25) is 9.00 Å². The lowest BCUT2D eigenvalue weighted by Gasteiger charge is -2.13. The molecule has 1 aromatic rings. The Balaban J connectivity index is 2.55. The lowest BCUT2D eigenvalue weighted by molar-refractivity contribution is -0.137. The van der Waals surface area contributed by atoms with Gasteiger partial charge in [-0.25, -0.2) is 0 Å². The van der Waals surface area contributed by atoms with E-state index in [0.29, 0.717) is 11.1 Å². The molecule has 0 saturated carbocycles. The number of halogens is 3. The molecular weight excluding hydrogens is 307 g/mol. The summed E-state index contributed by atoms with van der Waals surface area (Å²) in [6, 6.07) is 6.62. The van der Waals surface area contributed by atoms with Crippen LogP contribution in [0, 0.1) is 0 Å². The number of nitrogens with one attached hydrogen (secondary N) is 1. The third kappa shape index (κ3) is 6.26. The van der Waals surface area contributed by atoms with E-state index in [2.05, 4.69) is 0 Å². The Morgan fingerprint density at radius 2 is 1.81 bits per heavy atom. The van der Waals surface area contributed by atoms with Gasteiger partial charge in [0, 0.05) is 16.6 Å². The largest absolute Gasteiger partial charge is 0.405 e. The van der Waals surface area contributed by atoms with Crippen molar-refractivity contribution in [1.82, 2.24) is 5.32 Å². The molecule has 0 bridgehead atoms. The first-order chi connectivity index (χ1) is 9.73. The van der Waals surface area contributed by atoms with Crippen LogP contribution in [0.5, 0.6) is 0 Å². The molecule has 118 valence electrons. The average Bonchev–Trinajstić information content (AvgIpc) is 2.43. The second-order valence-electron chi connectivity index (χ2n) is 4.47. The molecule has 2 unspecified atom stereocenters. The van der Waals surface area contributed by atoms with E-state index in [0.717, 1.165) is 0 Å². The molecule has 21 heavy (non-hydrogen) atoms. The second kappa shape index (κ2) is 7.56. The number of aliphatic hydroxyl groups excluding tert-OH is 1. The van der Waals surface area contributed by atoms with Gasteiger partial charge in [0.25, 0.3) is 0 Å². The lowest BCUT2D eigenvalue weighted by Crippen LogP contribution is -2.40. The van der Waals surface area contributed by atoms with Crippen molar-refractivity contribution in [1.29, 1.82) is 0 Å². The van der Waals surface area contributed by atoms with E-state index < -0.39 is 34.7 Å². The number of carbonyl (C=O) groups is 1. The fourth-order valence-electron chi connectivity index (χ4n) is 1.48. The molecule has 1 aromatic carbocycles. The van der Waals surface area contributed by atoms with Crippen LogP contribution in [-0.2, 0) is 28.0 Å². The highest BCUT2D eigenvalue weighted by molar-refractivity contribution is 7.85. The Morgan fingerprint density at radius 1 is 1.29 bits per heavy atom. The van der Waals surface area contributed by atoms with Crippen LogP contribution >= 0.6 is 0 Å². The van der Waals surface area contributed by atoms with Crippen molar-refractivity contribution in [2.24, 2.45) is 0 Å². The van der Waals surface area contributed by atoms with Gasteiger partial charge in [-0.1, -0.05) is 24.3 Å². The first-order valence-electron chi connectivity index (χ1n) is 6.13. The van der Waals surface area contributed by atoms with Crippen molar-refractivity contribution < 1.29 is 27.3 Å². The molecule has 0 aromatic heterocycles. The van der Waals surface area contributed by atoms with Crippen LogP contribution in [0.1, 0.15) is 18.1 Å². The summed E-state index contributed by atoms with van der Waals surface area (Å²) in [5, 5.41) is 9.57. The molecule has 4 nitrogen and oxygen atoms in total. The molecule has 0 fully saturated rings. The zero-order valence-electron chi connectivity index (χ0n) is 11.3. The molecule has 1 amide bonds. The van der Waals surface area contributed by atoms with Crippen LogP contribution in [0.3, 0.4) is 0 Å². The smallest absolute Gasteiger partial charge is 0.392 e. The summed E-state index contributed by atoms with van der Waals surface area (Å²) >= 11 is 0. The SMILES string of the molecule is CC(C(=O)NCC(F)(F)F)S(=O)Cc1ccc(CO)cc1. The minimum absolute atomic E-state index is 0.0618. The Kier molecular flexibility index (Phi) is 6.35. The maximum Gasteiger partial charge on any atom is 0.405 e. The van der Waals surface area contributed by atoms with Crippen LogP contribution in [0.15, 0.2) is 24.3 Å². The van der Waals surface area contributed by atoms with Crippen molar-refractivity contribution in [3.8, 4) is 0 Å². The van der Waals surface area contributed by atoms with Gasteiger partial charge < -0.3 is 10.4 Å². The fraction of sp³-hybridized carbons (Fsp3) is 0.462. The van der Waals surface area contributed by atoms with E-state index in [-0.39, 0.29) is 12.4 Å². The summed E-state index contributed by atoms with van der Waals surface area (Å²) in [5.41, 5.74) is 1.38. The van der Waals surface area contributed by atoms with Crippen LogP contribution in [-0.4, -0.2) is 33.2 Å². The Morgan fingerprint density at radius 3 is 2.29 bits per heavy atom. The lowest BCUT2D eigenvalue weighted by atomic mass is 10.2. The predicted octanol–water partition coefficient (Wildman–Crippen LogP) is 1.49. The monoisotopic (exact) mass is 323 g/mol. The topological polar surface area (TPSA) is 66.4 Å². The van der Waals surface area contributed by atoms with Gasteiger partial charge >= 0.3 is 6.18 Å². The molecule has 0 aliphatic rings. The minimum atomic E-state index is -4.49. The van der Waals surface area contributed by atoms with Gasteiger partial charge in [-0.2, -0.15) is 13.2 Å². The molecule has 8 heteroatoms. The van der Waals surface area contributed by atoms with Crippen molar-refractivity contribution in [2.45, 2.75) is 30.7 Å². The third-order valence-electron chi connectivity index (χ3n) is 2.74. The summed E-state index contributed by atoms with van der Waals surface area (Å²) in [7, 11) is -1.62. The maximum absolute atomic E-state index is 12.0. The number of carbonyl (C=O) groups excluding carboxylic acids is 1. The number of hydrogen-bond acceptors (Lipinski definition) is 3. The quantitative estimate of drug-likeness (QED) is 0.834. The number of rotatable bonds is 6. The van der Waals surface area contributed by atoms with E-state index in [1.807, 2.05) is 0 Å². The molecular formula is C13H16F3NO3S. The highest BCUT2D eigenvalue weighted by atomic mass is 32.2. The fourth-order valence-corrected chi connectivity index (χ4v) is 2.57. The van der Waals surface area contributed by atoms with Crippen molar-refractivity contribution in [3.63, 3.8) is 0 Å². The van der Waals surface area contributed by atoms with Crippen LogP contribution < -0.4 is 5.32 Å². The molecule has 0 heterocycles. The zero-order valence-corrected chi connectivity index (χ0v) is 12.1. The van der Waals surface area contributed by atoms with Gasteiger partial charge in [0.2, 0.25) is 5.91 Å². The van der Waals surface area contributed by atoms with Crippen molar-refractivity contribution >= 4 is 16.7 Å². The van der Waals surface area contributed by atoms with E-state index >= 15 is 0 Å². The molecule has 2 N–H and O–H groups in total. The molecule has 0 spiro atoms. The first kappa shape index (κ1) is 17.6. The molecule has 1 rings (SSSR count). The Labute approximate surface area is 122 Å². The summed E-state index contributed by atoms with van der Waals surface area (Å²) < 4.78 is 47.9. The summed E-state index contributed by atoms with van der Waals surface area (Å²) in [6.45, 7) is -0.220. The van der Waals surface area contributed by atoms with Gasteiger partial charge in [0.1, 0.15) is 11.8 Å². The van der Waals surface area contributed by atoms with Crippen LogP contribution in [0.4, 0.5) is 13.2 Å². The average molecular weight is 323 g/mol. The van der Waals surface area contributed by atoms with Gasteiger partial charge in [-0.05, 0) is 18.1 Å². The molecule has 2 atom stereocenters. The molecule has 0 saturated heterocycles. The highest BCUT2D eigenvalue weighted by Gasteiger charge is 2.29. The number of hydrogen-bond donors (Lipinski definition) is 2. The third-order valence-corrected chi connectivity index (χ3v) is 4.36. The summed E-state index contributed by atoms with van der Waals surface area (Å²) in [5.74, 6) is -0.829. The minimum Gasteiger partial charge on any atom is -0.392 e. The predicted molar refractivity (Wildman–Crippen MR) is 72.7 cm³/mol. The van der Waals surface area contributed by atoms with Crippen molar-refractivity contribution in [3.05, 3.63) is 35.4 Å². The zero-order chi connectivity index (χ0) is 16.0. The van der Waals surface area contributed by atoms with E-state index in [1.54, 1.807) is 29.6 Å². The van der Waals surface area contributed by atoms with E-state index in [4.69, 9.17) is 5.11 Å². The van der Waals surface area contributed by atoms with Crippen LogP contribution in [0.25, 0.3) is 0 Å². The van der Waals surface area contributed by atoms with Gasteiger partial charge in [-0.15, -0.1) is 0 Å². The maximum atomic E-state index is 12.0. The number of amides is 1. The first-order valence-corrected chi connectivity index (χ1v) is 7.51. The van der Waals surface area contributed by atoms with E-state index in [9.17, 15) is 22.2 Å². The standard InChI is InChI=1S/C13H16F3NO3S/c1-9(12(19)17-8-13(14,15)16)21(20)7-11-4-2-10(6-18)3-5-11/h2-5,9,18H,6-8H2,1H3,(H,17,19). The van der Waals surface area contributed by atoms with E-state index in [1.165, 1.54) is 6.92 Å². The highest BCUT2D eigenvalue weighted by Crippen LogP contribution is 2.13. The summed E-state index contributed by atoms with van der Waals surface area (Å²) in [4.78, 5) is 11.5. The number of alkyl halides is 3. The number of benzene rings is 1. The molecule has 0 radical (unpaired) electrons. The Hall–Kier alpha value is -1.41. The normalized spacial score (nSPS) is 14.5. The molecule has 0 aliphatic carbocycles. The molecule has 0 aliphatic heterocycles. The second-order valence-corrected chi connectivity index (χ2v) is 6.23. The summed E-state index contributed by atoms with van der Waals surface area (Å²) in [6.07, 6.45) is -4.49. The van der Waals surface area contributed by atoms with Crippen molar-refractivity contribution in [2.75, 3.05) is 6.54 Å². The van der Waals surface area contributed by atoms with Gasteiger partial charge in [0.05, 0.1) is 6.61 Å². The Bertz CT molecular complexity index is 502. The van der Waals surface area contributed by atoms with Crippen LogP contribution in [0.2, 0.25) is 0 Å².